The predicted octanol–water partition coefficient (Wildman–Crippen LogP) is 0.827. The molecule has 1 aliphatic carbocycles. The van der Waals surface area contributed by atoms with Gasteiger partial charge in [-0.15, -0.1) is 0 Å². The first-order valence-corrected chi connectivity index (χ1v) is 8.15. The summed E-state index contributed by atoms with van der Waals surface area (Å²) in [7, 11) is 0. The molecule has 2 rings (SSSR count). The number of nitrogens with one attached hydrogen (secondary N) is 3. The minimum atomic E-state index is -0.217. The van der Waals surface area contributed by atoms with E-state index in [9.17, 15) is 9.59 Å². The Kier molecular flexibility index (Phi) is 5.85. The zero-order valence-corrected chi connectivity index (χ0v) is 13.2. The van der Waals surface area contributed by atoms with Crippen LogP contribution in [0.2, 0.25) is 0 Å². The predicted molar refractivity (Wildman–Crippen MR) is 82.0 cm³/mol. The van der Waals surface area contributed by atoms with Crippen molar-refractivity contribution < 1.29 is 9.59 Å². The summed E-state index contributed by atoms with van der Waals surface area (Å²) in [5.74, 6) is -0.00496. The SMILES string of the molecule is CC1NCCN(C(=O)CNC(=O)NC2CCCCC2)C1C. The van der Waals surface area contributed by atoms with E-state index < -0.39 is 0 Å². The van der Waals surface area contributed by atoms with Gasteiger partial charge in [0.15, 0.2) is 0 Å². The van der Waals surface area contributed by atoms with Crippen molar-refractivity contribution in [3.63, 3.8) is 0 Å². The van der Waals surface area contributed by atoms with Crippen molar-refractivity contribution in [2.45, 2.75) is 64.1 Å². The molecule has 2 aliphatic rings. The highest BCUT2D eigenvalue weighted by Gasteiger charge is 2.28. The molecule has 1 aliphatic heterocycles. The second-order valence-corrected chi connectivity index (χ2v) is 6.23. The number of amides is 3. The standard InChI is InChI=1S/C15H28N4O2/c1-11-12(2)19(9-8-16-11)14(20)10-17-15(21)18-13-6-4-3-5-7-13/h11-13,16H,3-10H2,1-2H3,(H2,17,18,21). The lowest BCUT2D eigenvalue weighted by Crippen LogP contribution is -2.59. The Labute approximate surface area is 127 Å². The van der Waals surface area contributed by atoms with Gasteiger partial charge >= 0.3 is 6.03 Å². The van der Waals surface area contributed by atoms with Crippen LogP contribution in [0.15, 0.2) is 0 Å². The van der Waals surface area contributed by atoms with Crippen LogP contribution < -0.4 is 16.0 Å². The van der Waals surface area contributed by atoms with Crippen LogP contribution in [0.4, 0.5) is 4.79 Å². The van der Waals surface area contributed by atoms with Crippen LogP contribution >= 0.6 is 0 Å². The average Bonchev–Trinajstić information content (AvgIpc) is 2.48. The number of hydrogen-bond donors (Lipinski definition) is 3. The van der Waals surface area contributed by atoms with Gasteiger partial charge in [-0.2, -0.15) is 0 Å². The number of carbonyl (C=O) groups excluding carboxylic acids is 2. The number of hydrogen-bond acceptors (Lipinski definition) is 3. The van der Waals surface area contributed by atoms with Gasteiger partial charge in [-0.1, -0.05) is 19.3 Å². The third-order valence-electron chi connectivity index (χ3n) is 4.70. The van der Waals surface area contributed by atoms with Gasteiger partial charge in [-0.25, -0.2) is 4.79 Å². The molecule has 1 heterocycles. The molecule has 120 valence electrons. The van der Waals surface area contributed by atoms with Crippen LogP contribution in [0.3, 0.4) is 0 Å². The molecule has 0 spiro atoms. The van der Waals surface area contributed by atoms with Crippen molar-refractivity contribution in [1.29, 1.82) is 0 Å². The Hall–Kier alpha value is -1.30. The molecule has 2 atom stereocenters. The number of piperazine rings is 1. The van der Waals surface area contributed by atoms with E-state index in [2.05, 4.69) is 22.9 Å². The van der Waals surface area contributed by atoms with E-state index in [4.69, 9.17) is 0 Å². The van der Waals surface area contributed by atoms with Crippen LogP contribution in [-0.4, -0.2) is 54.6 Å². The van der Waals surface area contributed by atoms with Gasteiger partial charge in [-0.05, 0) is 26.7 Å². The molecule has 3 amide bonds. The first kappa shape index (κ1) is 16.1. The summed E-state index contributed by atoms with van der Waals surface area (Å²) in [6.07, 6.45) is 5.72. The zero-order chi connectivity index (χ0) is 15.2. The fraction of sp³-hybridized carbons (Fsp3) is 0.867. The van der Waals surface area contributed by atoms with E-state index in [1.807, 2.05) is 11.8 Å². The largest absolute Gasteiger partial charge is 0.336 e. The lowest BCUT2D eigenvalue weighted by atomic mass is 9.96. The minimum absolute atomic E-state index is 0.00496. The zero-order valence-electron chi connectivity index (χ0n) is 13.2. The van der Waals surface area contributed by atoms with Gasteiger partial charge < -0.3 is 20.9 Å². The summed E-state index contributed by atoms with van der Waals surface area (Å²) in [5, 5.41) is 9.01. The lowest BCUT2D eigenvalue weighted by molar-refractivity contribution is -0.133. The maximum Gasteiger partial charge on any atom is 0.315 e. The fourth-order valence-corrected chi connectivity index (χ4v) is 3.15. The van der Waals surface area contributed by atoms with Crippen molar-refractivity contribution in [2.24, 2.45) is 0 Å². The Morgan fingerprint density at radius 1 is 1.19 bits per heavy atom. The van der Waals surface area contributed by atoms with E-state index in [0.717, 1.165) is 19.4 Å². The summed E-state index contributed by atoms with van der Waals surface area (Å²) in [4.78, 5) is 25.9. The first-order valence-electron chi connectivity index (χ1n) is 8.15. The number of urea groups is 1. The quantitative estimate of drug-likeness (QED) is 0.722. The van der Waals surface area contributed by atoms with E-state index in [1.54, 1.807) is 0 Å². The monoisotopic (exact) mass is 296 g/mol. The van der Waals surface area contributed by atoms with Gasteiger partial charge in [0.2, 0.25) is 5.91 Å². The Morgan fingerprint density at radius 3 is 2.62 bits per heavy atom. The van der Waals surface area contributed by atoms with Crippen molar-refractivity contribution >= 4 is 11.9 Å². The normalized spacial score (nSPS) is 27.2. The second kappa shape index (κ2) is 7.64. The Balaban J connectivity index is 1.71. The van der Waals surface area contributed by atoms with Crippen molar-refractivity contribution in [1.82, 2.24) is 20.9 Å². The molecule has 1 saturated heterocycles. The molecule has 6 heteroatoms. The summed E-state index contributed by atoms with van der Waals surface area (Å²) in [6.45, 7) is 5.71. The van der Waals surface area contributed by atoms with E-state index in [0.29, 0.717) is 12.6 Å². The maximum absolute atomic E-state index is 12.2. The molecular formula is C15H28N4O2. The molecule has 1 saturated carbocycles. The van der Waals surface area contributed by atoms with Gasteiger partial charge in [0, 0.05) is 31.2 Å². The van der Waals surface area contributed by atoms with Gasteiger partial charge in [0.05, 0.1) is 6.54 Å². The molecule has 0 aromatic carbocycles. The van der Waals surface area contributed by atoms with Crippen LogP contribution in [0, 0.1) is 0 Å². The van der Waals surface area contributed by atoms with Gasteiger partial charge in [-0.3, -0.25) is 4.79 Å². The fourth-order valence-electron chi connectivity index (χ4n) is 3.15. The summed E-state index contributed by atoms with van der Waals surface area (Å²) in [5.41, 5.74) is 0. The third-order valence-corrected chi connectivity index (χ3v) is 4.70. The number of rotatable bonds is 3. The molecule has 6 nitrogen and oxygen atoms in total. The lowest BCUT2D eigenvalue weighted by Gasteiger charge is -2.38. The number of carbonyl (C=O) groups is 2. The summed E-state index contributed by atoms with van der Waals surface area (Å²) in [6, 6.07) is 0.506. The molecular weight excluding hydrogens is 268 g/mol. The summed E-state index contributed by atoms with van der Waals surface area (Å²) < 4.78 is 0. The maximum atomic E-state index is 12.2. The highest BCUT2D eigenvalue weighted by Crippen LogP contribution is 2.17. The third kappa shape index (κ3) is 4.59. The molecule has 0 bridgehead atoms. The molecule has 21 heavy (non-hydrogen) atoms. The molecule has 0 aromatic rings. The highest BCUT2D eigenvalue weighted by atomic mass is 16.2. The molecule has 0 aromatic heterocycles. The van der Waals surface area contributed by atoms with E-state index in [-0.39, 0.29) is 30.6 Å². The summed E-state index contributed by atoms with van der Waals surface area (Å²) >= 11 is 0. The molecule has 2 unspecified atom stereocenters. The average molecular weight is 296 g/mol. The molecule has 3 N–H and O–H groups in total. The first-order chi connectivity index (χ1) is 10.1. The van der Waals surface area contributed by atoms with Crippen LogP contribution in [0.1, 0.15) is 46.0 Å². The highest BCUT2D eigenvalue weighted by molar-refractivity contribution is 5.84. The smallest absolute Gasteiger partial charge is 0.315 e. The van der Waals surface area contributed by atoms with Crippen molar-refractivity contribution in [3.8, 4) is 0 Å². The Morgan fingerprint density at radius 2 is 1.90 bits per heavy atom. The molecule has 2 fully saturated rings. The van der Waals surface area contributed by atoms with Crippen molar-refractivity contribution in [3.05, 3.63) is 0 Å². The number of nitrogens with zero attached hydrogens (tertiary/aromatic N) is 1. The minimum Gasteiger partial charge on any atom is -0.336 e. The van der Waals surface area contributed by atoms with E-state index >= 15 is 0 Å². The molecule has 0 radical (unpaired) electrons. The van der Waals surface area contributed by atoms with Crippen molar-refractivity contribution in [2.75, 3.05) is 19.6 Å². The van der Waals surface area contributed by atoms with Crippen LogP contribution in [-0.2, 0) is 4.79 Å². The van der Waals surface area contributed by atoms with Gasteiger partial charge in [0.25, 0.3) is 0 Å². The second-order valence-electron chi connectivity index (χ2n) is 6.23. The van der Waals surface area contributed by atoms with Crippen LogP contribution in [0.25, 0.3) is 0 Å². The van der Waals surface area contributed by atoms with E-state index in [1.165, 1.54) is 19.3 Å². The van der Waals surface area contributed by atoms with Gasteiger partial charge in [0.1, 0.15) is 0 Å². The Bertz CT molecular complexity index is 369. The van der Waals surface area contributed by atoms with Crippen LogP contribution in [0.5, 0.6) is 0 Å². The topological polar surface area (TPSA) is 73.5 Å².